The maximum Gasteiger partial charge on any atom is 0.161 e. The third-order valence-corrected chi connectivity index (χ3v) is 7.78. The summed E-state index contributed by atoms with van der Waals surface area (Å²) in [6, 6.07) is 11.8. The minimum atomic E-state index is -0.411. The van der Waals surface area contributed by atoms with Gasteiger partial charge in [-0.1, -0.05) is 17.7 Å². The van der Waals surface area contributed by atoms with E-state index in [2.05, 4.69) is 12.1 Å². The number of hydrogen-bond acceptors (Lipinski definition) is 6. The van der Waals surface area contributed by atoms with Crippen LogP contribution in [0.25, 0.3) is 0 Å². The van der Waals surface area contributed by atoms with Gasteiger partial charge in [-0.15, -0.1) is 23.1 Å². The van der Waals surface area contributed by atoms with Crippen molar-refractivity contribution in [3.05, 3.63) is 68.5 Å². The van der Waals surface area contributed by atoms with E-state index in [0.29, 0.717) is 28.4 Å². The highest BCUT2D eigenvalue weighted by molar-refractivity contribution is 8.00. The van der Waals surface area contributed by atoms with Gasteiger partial charge in [-0.2, -0.15) is 5.26 Å². The van der Waals surface area contributed by atoms with Crippen molar-refractivity contribution in [2.75, 3.05) is 11.2 Å². The first-order valence-electron chi connectivity index (χ1n) is 9.32. The van der Waals surface area contributed by atoms with E-state index >= 15 is 0 Å². The number of nitriles is 1. The van der Waals surface area contributed by atoms with E-state index in [1.807, 2.05) is 36.3 Å². The van der Waals surface area contributed by atoms with Gasteiger partial charge in [0.05, 0.1) is 21.8 Å². The van der Waals surface area contributed by atoms with Crippen LogP contribution in [-0.4, -0.2) is 12.0 Å². The molecule has 0 fully saturated rings. The summed E-state index contributed by atoms with van der Waals surface area (Å²) < 4.78 is 1.12. The van der Waals surface area contributed by atoms with Crippen molar-refractivity contribution in [2.45, 2.75) is 36.3 Å². The van der Waals surface area contributed by atoms with Gasteiger partial charge in [0.25, 0.3) is 0 Å². The Morgan fingerprint density at radius 2 is 2.14 bits per heavy atom. The SMILES string of the molecule is CSc1sc(C)cc1[C@@H]1C(C#N)=C(N)N(c2cccc(Cl)c2)C2=C1C(=O)CCC2. The Labute approximate surface area is 183 Å². The van der Waals surface area contributed by atoms with Gasteiger partial charge in [0.15, 0.2) is 5.78 Å². The molecule has 1 aliphatic heterocycles. The number of carbonyl (C=O) groups excluding carboxylic acids is 1. The van der Waals surface area contributed by atoms with Crippen molar-refractivity contribution in [3.63, 3.8) is 0 Å². The van der Waals surface area contributed by atoms with E-state index in [1.54, 1.807) is 29.2 Å². The molecule has 0 amide bonds. The minimum Gasteiger partial charge on any atom is -0.384 e. The number of anilines is 1. The number of carbonyl (C=O) groups is 1. The summed E-state index contributed by atoms with van der Waals surface area (Å²) in [4.78, 5) is 16.2. The van der Waals surface area contributed by atoms with Gasteiger partial charge in [0.1, 0.15) is 5.82 Å². The molecule has 4 nitrogen and oxygen atoms in total. The van der Waals surface area contributed by atoms with Crippen LogP contribution in [-0.2, 0) is 4.79 Å². The topological polar surface area (TPSA) is 70.1 Å². The molecular formula is C22H20ClN3OS2. The first-order valence-corrected chi connectivity index (χ1v) is 11.7. The van der Waals surface area contributed by atoms with Crippen LogP contribution in [0.3, 0.4) is 0 Å². The monoisotopic (exact) mass is 441 g/mol. The Bertz CT molecular complexity index is 1110. The maximum atomic E-state index is 13.1. The van der Waals surface area contributed by atoms with Crippen LogP contribution < -0.4 is 10.6 Å². The Morgan fingerprint density at radius 1 is 1.34 bits per heavy atom. The number of nitrogens with two attached hydrogens (primary N) is 1. The van der Waals surface area contributed by atoms with Crippen LogP contribution in [0.4, 0.5) is 5.69 Å². The molecule has 0 unspecified atom stereocenters. The molecule has 0 saturated carbocycles. The first kappa shape index (κ1) is 20.1. The standard InChI is InChI=1S/C22H20ClN3OS2/c1-12-9-15(22(28-2)29-12)19-16(11-24)21(25)26(14-6-3-5-13(23)10-14)17-7-4-8-18(27)20(17)19/h3,5-6,9-10,19H,4,7-8,25H2,1-2H3/t19-/m1/s1. The fourth-order valence-electron chi connectivity index (χ4n) is 4.18. The molecule has 0 saturated heterocycles. The van der Waals surface area contributed by atoms with E-state index in [-0.39, 0.29) is 5.78 Å². The van der Waals surface area contributed by atoms with Crippen LogP contribution in [0, 0.1) is 18.3 Å². The number of rotatable bonds is 3. The highest BCUT2D eigenvalue weighted by atomic mass is 35.5. The van der Waals surface area contributed by atoms with E-state index < -0.39 is 5.92 Å². The predicted molar refractivity (Wildman–Crippen MR) is 120 cm³/mol. The summed E-state index contributed by atoms with van der Waals surface area (Å²) in [6.07, 6.45) is 4.03. The third kappa shape index (κ3) is 3.38. The lowest BCUT2D eigenvalue weighted by Crippen LogP contribution is -2.38. The molecule has 0 spiro atoms. The molecule has 7 heteroatoms. The second-order valence-corrected chi connectivity index (χ2v) is 9.87. The number of benzene rings is 1. The average Bonchev–Trinajstić information content (AvgIpc) is 3.07. The second kappa shape index (κ2) is 7.91. The van der Waals surface area contributed by atoms with E-state index in [1.165, 1.54) is 0 Å². The number of nitrogens with zero attached hydrogens (tertiary/aromatic N) is 2. The number of allylic oxidation sites excluding steroid dienone is 3. The summed E-state index contributed by atoms with van der Waals surface area (Å²) in [5.41, 5.74) is 10.4. The summed E-state index contributed by atoms with van der Waals surface area (Å²) in [5.74, 6) is 0.0641. The second-order valence-electron chi connectivity index (χ2n) is 7.10. The molecule has 2 aromatic rings. The molecular weight excluding hydrogens is 422 g/mol. The lowest BCUT2D eigenvalue weighted by Gasteiger charge is -2.39. The fraction of sp³-hybridized carbons (Fsp3) is 0.273. The number of thioether (sulfide) groups is 1. The van der Waals surface area contributed by atoms with Crippen LogP contribution in [0.15, 0.2) is 57.2 Å². The lowest BCUT2D eigenvalue weighted by atomic mass is 9.76. The highest BCUT2D eigenvalue weighted by Crippen LogP contribution is 2.49. The lowest BCUT2D eigenvalue weighted by molar-refractivity contribution is -0.116. The molecule has 148 valence electrons. The zero-order chi connectivity index (χ0) is 20.7. The Hall–Kier alpha value is -2.20. The number of ketones is 1. The van der Waals surface area contributed by atoms with Crippen molar-refractivity contribution in [1.29, 1.82) is 5.26 Å². The summed E-state index contributed by atoms with van der Waals surface area (Å²) in [5, 5.41) is 10.7. The van der Waals surface area contributed by atoms with Gasteiger partial charge in [-0.3, -0.25) is 9.69 Å². The van der Waals surface area contributed by atoms with Gasteiger partial charge in [0, 0.05) is 33.3 Å². The number of hydrogen-bond donors (Lipinski definition) is 1. The molecule has 2 heterocycles. The zero-order valence-electron chi connectivity index (χ0n) is 16.2. The Balaban J connectivity index is 1.99. The molecule has 1 aliphatic carbocycles. The summed E-state index contributed by atoms with van der Waals surface area (Å²) >= 11 is 9.55. The fourth-order valence-corrected chi connectivity index (χ4v) is 6.28. The Kier molecular flexibility index (Phi) is 5.48. The largest absolute Gasteiger partial charge is 0.384 e. The normalized spacial score (nSPS) is 19.4. The minimum absolute atomic E-state index is 0.0967. The Morgan fingerprint density at radius 3 is 2.83 bits per heavy atom. The molecule has 1 atom stereocenters. The average molecular weight is 442 g/mol. The number of thiophene rings is 1. The van der Waals surface area contributed by atoms with Gasteiger partial charge >= 0.3 is 0 Å². The van der Waals surface area contributed by atoms with Gasteiger partial charge in [-0.25, -0.2) is 0 Å². The molecule has 2 N–H and O–H groups in total. The van der Waals surface area contributed by atoms with Crippen molar-refractivity contribution < 1.29 is 4.79 Å². The number of Topliss-reactive ketones (excluding diaryl/α,β-unsaturated/α-hetero) is 1. The molecule has 29 heavy (non-hydrogen) atoms. The molecule has 4 rings (SSSR count). The highest BCUT2D eigenvalue weighted by Gasteiger charge is 2.41. The smallest absolute Gasteiger partial charge is 0.161 e. The number of halogens is 1. The summed E-state index contributed by atoms with van der Waals surface area (Å²) in [6.45, 7) is 2.05. The van der Waals surface area contributed by atoms with Crippen LogP contribution in [0.2, 0.25) is 5.02 Å². The predicted octanol–water partition coefficient (Wildman–Crippen LogP) is 5.74. The van der Waals surface area contributed by atoms with Crippen molar-refractivity contribution in [1.82, 2.24) is 0 Å². The molecule has 0 radical (unpaired) electrons. The first-order chi connectivity index (χ1) is 14.0. The summed E-state index contributed by atoms with van der Waals surface area (Å²) in [7, 11) is 0. The molecule has 1 aromatic heterocycles. The van der Waals surface area contributed by atoms with Crippen molar-refractivity contribution in [2.24, 2.45) is 5.73 Å². The van der Waals surface area contributed by atoms with E-state index in [0.717, 1.165) is 38.9 Å². The van der Waals surface area contributed by atoms with Gasteiger partial charge in [-0.05, 0) is 55.9 Å². The van der Waals surface area contributed by atoms with Crippen LogP contribution in [0.5, 0.6) is 0 Å². The zero-order valence-corrected chi connectivity index (χ0v) is 18.5. The van der Waals surface area contributed by atoms with Crippen LogP contribution >= 0.6 is 34.7 Å². The van der Waals surface area contributed by atoms with Gasteiger partial charge in [0.2, 0.25) is 0 Å². The van der Waals surface area contributed by atoms with Crippen LogP contribution in [0.1, 0.15) is 35.6 Å². The molecule has 1 aromatic carbocycles. The van der Waals surface area contributed by atoms with E-state index in [4.69, 9.17) is 17.3 Å². The molecule has 0 bridgehead atoms. The van der Waals surface area contributed by atoms with E-state index in [9.17, 15) is 10.1 Å². The quantitative estimate of drug-likeness (QED) is 0.615. The third-order valence-electron chi connectivity index (χ3n) is 5.32. The number of aryl methyl sites for hydroxylation is 1. The van der Waals surface area contributed by atoms with Crippen molar-refractivity contribution in [3.8, 4) is 6.07 Å². The van der Waals surface area contributed by atoms with Gasteiger partial charge < -0.3 is 5.73 Å². The molecule has 2 aliphatic rings. The maximum absolute atomic E-state index is 13.1. The van der Waals surface area contributed by atoms with Crippen molar-refractivity contribution >= 4 is 46.2 Å².